The maximum absolute atomic E-state index is 8.24. The van der Waals surface area contributed by atoms with Crippen molar-refractivity contribution >= 4 is 6.08 Å². The summed E-state index contributed by atoms with van der Waals surface area (Å²) in [5.74, 6) is 0. The number of carbonyl (C=O) groups excluding carboxylic acids is 1. The van der Waals surface area contributed by atoms with Crippen LogP contribution in [0.2, 0.25) is 1.41 Å². The fourth-order valence-electron chi connectivity index (χ4n) is 0. The molecule has 0 saturated heterocycles. The summed E-state index contributed by atoms with van der Waals surface area (Å²) in [5.41, 5.74) is 0. The molecule has 0 amide bonds. The largest absolute Gasteiger partial charge is 0.724 e. The zero-order valence-electron chi connectivity index (χ0n) is 4.21. The molecular formula is C2H4N2OW-2. The summed E-state index contributed by atoms with van der Waals surface area (Å²) in [5, 5.41) is 6.76. The number of rotatable bonds is 0. The Balaban J connectivity index is -0.0000000400. The molecular weight excluding hydrogens is 252 g/mol. The molecule has 36 valence electrons. The van der Waals surface area contributed by atoms with Crippen LogP contribution in [-0.4, -0.2) is 6.08 Å². The zero-order chi connectivity index (χ0) is 5.41. The third-order valence-corrected chi connectivity index (χ3v) is 0. The van der Waals surface area contributed by atoms with Crippen LogP contribution in [0.4, 0.5) is 0 Å². The molecule has 0 unspecified atom stereocenters. The molecule has 0 aliphatic carbocycles. The molecule has 0 heterocycles. The minimum Gasteiger partial charge on any atom is -0.724 e. The SMILES string of the molecule is [3H][N]=[W].[CH3-].[N-]=C=O. The Morgan fingerprint density at radius 1 is 2.17 bits per heavy atom. The van der Waals surface area contributed by atoms with Crippen molar-refractivity contribution in [3.63, 3.8) is 0 Å². The Labute approximate surface area is 49.3 Å². The third-order valence-electron chi connectivity index (χ3n) is 0. The Kier molecular flexibility index (Phi) is 150. The van der Waals surface area contributed by atoms with Crippen LogP contribution in [0.1, 0.15) is 0 Å². The molecule has 0 saturated carbocycles. The van der Waals surface area contributed by atoms with E-state index in [1.807, 2.05) is 0 Å². The van der Waals surface area contributed by atoms with Crippen LogP contribution in [0.5, 0.6) is 0 Å². The summed E-state index contributed by atoms with van der Waals surface area (Å²) in [4.78, 5) is 8.24. The maximum Gasteiger partial charge on any atom is -0.0159 e. The van der Waals surface area contributed by atoms with Gasteiger partial charge >= 0.3 is 24.9 Å². The average molecular weight is 258 g/mol. The molecule has 0 aromatic heterocycles. The van der Waals surface area contributed by atoms with Crippen LogP contribution in [0.25, 0.3) is 5.41 Å². The van der Waals surface area contributed by atoms with E-state index in [1.54, 1.807) is 0 Å². The third kappa shape index (κ3) is 1840. The molecule has 0 aromatic rings. The molecule has 4 heteroatoms. The quantitative estimate of drug-likeness (QED) is 0.386. The molecule has 6 heavy (non-hydrogen) atoms. The molecule has 0 aliphatic heterocycles. The molecule has 0 radical (unpaired) electrons. The molecule has 0 aliphatic rings. The minimum atomic E-state index is 0. The van der Waals surface area contributed by atoms with Crippen LogP contribution in [-0.2, 0) is 24.4 Å². The first-order chi connectivity index (χ1) is 2.83. The molecule has 3 nitrogen and oxygen atoms in total. The Hall–Kier alpha value is -0.132. The van der Waals surface area contributed by atoms with E-state index in [1.165, 1.54) is 0 Å². The van der Waals surface area contributed by atoms with Crippen LogP contribution in [0.3, 0.4) is 0 Å². The second kappa shape index (κ2) is 96.6. The van der Waals surface area contributed by atoms with Gasteiger partial charge in [0.2, 0.25) is 0 Å². The number of nitrogens with zero attached hydrogens (tertiary/aromatic N) is 1. The Bertz CT molecular complexity index is 60.7. The van der Waals surface area contributed by atoms with E-state index < -0.39 is 0 Å². The van der Waals surface area contributed by atoms with E-state index >= 15 is 0 Å². The monoisotopic (exact) mass is 258 g/mol. The van der Waals surface area contributed by atoms with Gasteiger partial charge in [-0.05, 0) is 6.08 Å². The molecule has 0 atom stereocenters. The van der Waals surface area contributed by atoms with Gasteiger partial charge in [-0.2, -0.15) is 0 Å². The van der Waals surface area contributed by atoms with Crippen molar-refractivity contribution < 1.29 is 25.8 Å². The van der Waals surface area contributed by atoms with Gasteiger partial charge in [0.15, 0.2) is 0 Å². The van der Waals surface area contributed by atoms with Crippen molar-refractivity contribution in [3.05, 3.63) is 12.8 Å². The first kappa shape index (κ1) is 9.29. The van der Waals surface area contributed by atoms with E-state index in [2.05, 4.69) is 3.91 Å². The van der Waals surface area contributed by atoms with Gasteiger partial charge in [0.1, 0.15) is 0 Å². The van der Waals surface area contributed by atoms with Gasteiger partial charge in [0.05, 0.1) is 0 Å². The topological polar surface area (TPSA) is 63.2 Å². The van der Waals surface area contributed by atoms with Crippen molar-refractivity contribution in [2.45, 2.75) is 0 Å². The van der Waals surface area contributed by atoms with Gasteiger partial charge in [-0.25, -0.2) is 0 Å². The van der Waals surface area contributed by atoms with Crippen LogP contribution >= 0.6 is 0 Å². The summed E-state index contributed by atoms with van der Waals surface area (Å²) >= 11 is 0.963. The molecule has 0 spiro atoms. The molecule has 0 rings (SSSR count). The van der Waals surface area contributed by atoms with Crippen LogP contribution in [0, 0.1) is 11.3 Å². The first-order valence-corrected chi connectivity index (χ1v) is 1.92. The average Bonchev–Trinajstić information content (AvgIpc) is 1.39. The number of isocyanates is 1. The van der Waals surface area contributed by atoms with Crippen LogP contribution in [0.15, 0.2) is 0 Å². The number of nitrogens with one attached hydrogen (secondary N) is 1. The van der Waals surface area contributed by atoms with Crippen molar-refractivity contribution in [1.82, 2.24) is 0 Å². The second-order valence-corrected chi connectivity index (χ2v) is 0.0913. The fraction of sp³-hybridized carbons (Fsp3) is 0. The number of hydrogen-bond donors (Lipinski definition) is 1. The summed E-state index contributed by atoms with van der Waals surface area (Å²) in [6, 6.07) is 0. The zero-order valence-corrected chi connectivity index (χ0v) is 6.14. The van der Waals surface area contributed by atoms with E-state index in [-0.39, 0.29) is 7.43 Å². The van der Waals surface area contributed by atoms with Crippen molar-refractivity contribution in [2.75, 3.05) is 0 Å². The van der Waals surface area contributed by atoms with E-state index in [0.717, 1.165) is 19.6 Å². The normalized spacial score (nSPS) is 3.67. The molecule has 0 aromatic carbocycles. The molecule has 0 fully saturated rings. The van der Waals surface area contributed by atoms with Crippen LogP contribution < -0.4 is 0 Å². The summed E-state index contributed by atoms with van der Waals surface area (Å²) in [6.45, 7) is 0. The van der Waals surface area contributed by atoms with E-state index in [0.29, 0.717) is 6.08 Å². The van der Waals surface area contributed by atoms with Gasteiger partial charge in [0.25, 0.3) is 0 Å². The second-order valence-electron chi connectivity index (χ2n) is 0.0913. The van der Waals surface area contributed by atoms with Crippen molar-refractivity contribution in [1.29, 1.82) is 3.91 Å². The summed E-state index contributed by atoms with van der Waals surface area (Å²) < 4.78 is 8.70. The predicted molar refractivity (Wildman–Crippen MR) is 18.2 cm³/mol. The van der Waals surface area contributed by atoms with Gasteiger partial charge < -0.3 is 12.8 Å². The van der Waals surface area contributed by atoms with E-state index in [4.69, 9.17) is 11.6 Å². The maximum atomic E-state index is 8.24. The summed E-state index contributed by atoms with van der Waals surface area (Å²) in [7, 11) is 0. The van der Waals surface area contributed by atoms with Gasteiger partial charge in [0, 0.05) is 0 Å². The smallest absolute Gasteiger partial charge is 0.0159 e. The Morgan fingerprint density at radius 3 is 2.17 bits per heavy atom. The predicted octanol–water partition coefficient (Wildman–Crippen LogP) is 0.637. The standard InChI is InChI=1S/CNO.CH3.HN.W/c2-1-3;;;/h;1H3;1H;/q2*-1;;/i;;1T;. The first-order valence-electron chi connectivity index (χ1n) is 1.06. The summed E-state index contributed by atoms with van der Waals surface area (Å²) in [6.07, 6.45) is 0.500. The van der Waals surface area contributed by atoms with Gasteiger partial charge in [-0.15, -0.1) is 0 Å². The number of hydrogen-bond acceptors (Lipinski definition) is 2. The minimum absolute atomic E-state index is 0. The van der Waals surface area contributed by atoms with Crippen molar-refractivity contribution in [3.8, 4) is 0 Å². The fourth-order valence-corrected chi connectivity index (χ4v) is 0. The van der Waals surface area contributed by atoms with Crippen molar-refractivity contribution in [2.24, 2.45) is 0 Å². The van der Waals surface area contributed by atoms with Gasteiger partial charge in [-0.3, -0.25) is 4.79 Å². The van der Waals surface area contributed by atoms with Gasteiger partial charge in [-0.1, -0.05) is 0 Å². The molecule has 1 N–H and O–H groups in total. The Morgan fingerprint density at radius 2 is 2.17 bits per heavy atom. The van der Waals surface area contributed by atoms with E-state index in [9.17, 15) is 0 Å². The molecule has 0 bridgehead atoms.